The molecule has 3 nitrogen and oxygen atoms in total. The molecule has 4 heteroatoms. The third kappa shape index (κ3) is 2.10. The van der Waals surface area contributed by atoms with Gasteiger partial charge < -0.3 is 9.88 Å². The standard InChI is InChI=1S/C17H14ClN3/c18-13-7-5-12(6-8-13)17-14-3-1-2-4-15(14)20-11-16-19-9-10-21(16)17/h1-10,17,20H,11H2. The Morgan fingerprint density at radius 2 is 1.90 bits per heavy atom. The minimum absolute atomic E-state index is 0.117. The number of benzene rings is 2. The van der Waals surface area contributed by atoms with Crippen molar-refractivity contribution in [1.82, 2.24) is 9.55 Å². The lowest BCUT2D eigenvalue weighted by atomic mass is 9.97. The maximum absolute atomic E-state index is 6.03. The predicted octanol–water partition coefficient (Wildman–Crippen LogP) is 4.10. The van der Waals surface area contributed by atoms with Gasteiger partial charge in [-0.05, 0) is 23.8 Å². The molecule has 1 aromatic heterocycles. The first kappa shape index (κ1) is 12.5. The van der Waals surface area contributed by atoms with Crippen LogP contribution >= 0.6 is 11.6 Å². The highest BCUT2D eigenvalue weighted by Gasteiger charge is 2.24. The first-order valence-corrected chi connectivity index (χ1v) is 7.31. The Hall–Kier alpha value is -2.26. The maximum atomic E-state index is 6.03. The van der Waals surface area contributed by atoms with Gasteiger partial charge in [-0.15, -0.1) is 0 Å². The highest BCUT2D eigenvalue weighted by molar-refractivity contribution is 6.30. The van der Waals surface area contributed by atoms with Crippen molar-refractivity contribution < 1.29 is 0 Å². The van der Waals surface area contributed by atoms with E-state index in [1.54, 1.807) is 0 Å². The summed E-state index contributed by atoms with van der Waals surface area (Å²) in [6.07, 6.45) is 3.90. The van der Waals surface area contributed by atoms with E-state index in [1.165, 1.54) is 11.1 Å². The number of hydrogen-bond donors (Lipinski definition) is 1. The Bertz CT molecular complexity index is 777. The van der Waals surface area contributed by atoms with Gasteiger partial charge in [0.15, 0.2) is 0 Å². The smallest absolute Gasteiger partial charge is 0.128 e. The van der Waals surface area contributed by atoms with Crippen LogP contribution in [0, 0.1) is 0 Å². The number of aromatic nitrogens is 2. The third-order valence-electron chi connectivity index (χ3n) is 3.91. The van der Waals surface area contributed by atoms with Crippen molar-refractivity contribution in [2.24, 2.45) is 0 Å². The first-order chi connectivity index (χ1) is 10.3. The largest absolute Gasteiger partial charge is 0.378 e. The summed E-state index contributed by atoms with van der Waals surface area (Å²) in [5.74, 6) is 1.03. The normalized spacial score (nSPS) is 16.5. The lowest BCUT2D eigenvalue weighted by molar-refractivity contribution is 0.654. The fourth-order valence-corrected chi connectivity index (χ4v) is 3.05. The molecule has 1 aliphatic heterocycles. The summed E-state index contributed by atoms with van der Waals surface area (Å²) < 4.78 is 2.22. The molecular formula is C17H14ClN3. The van der Waals surface area contributed by atoms with E-state index in [0.717, 1.165) is 23.1 Å². The van der Waals surface area contributed by atoms with Gasteiger partial charge in [-0.25, -0.2) is 4.98 Å². The molecule has 0 spiro atoms. The molecular weight excluding hydrogens is 282 g/mol. The molecule has 104 valence electrons. The van der Waals surface area contributed by atoms with Crippen molar-refractivity contribution in [2.75, 3.05) is 5.32 Å². The highest BCUT2D eigenvalue weighted by Crippen LogP contribution is 2.35. The van der Waals surface area contributed by atoms with Crippen molar-refractivity contribution in [2.45, 2.75) is 12.6 Å². The van der Waals surface area contributed by atoms with Crippen LogP contribution in [0.2, 0.25) is 5.02 Å². The minimum Gasteiger partial charge on any atom is -0.378 e. The number of rotatable bonds is 1. The average Bonchev–Trinajstić information content (AvgIpc) is 2.91. The average molecular weight is 296 g/mol. The van der Waals surface area contributed by atoms with Crippen LogP contribution in [-0.4, -0.2) is 9.55 Å². The zero-order valence-corrected chi connectivity index (χ0v) is 12.1. The fourth-order valence-electron chi connectivity index (χ4n) is 2.92. The molecule has 21 heavy (non-hydrogen) atoms. The van der Waals surface area contributed by atoms with Gasteiger partial charge in [-0.3, -0.25) is 0 Å². The molecule has 0 fully saturated rings. The Balaban J connectivity index is 1.95. The molecule has 0 saturated carbocycles. The van der Waals surface area contributed by atoms with E-state index in [1.807, 2.05) is 24.5 Å². The predicted molar refractivity (Wildman–Crippen MR) is 84.7 cm³/mol. The molecule has 1 unspecified atom stereocenters. The second-order valence-electron chi connectivity index (χ2n) is 5.15. The van der Waals surface area contributed by atoms with Crippen LogP contribution in [0.25, 0.3) is 0 Å². The molecule has 1 aliphatic rings. The van der Waals surface area contributed by atoms with Crippen LogP contribution < -0.4 is 5.32 Å². The molecule has 0 radical (unpaired) electrons. The topological polar surface area (TPSA) is 29.9 Å². The zero-order valence-electron chi connectivity index (χ0n) is 11.3. The lowest BCUT2D eigenvalue weighted by Crippen LogP contribution is -2.12. The SMILES string of the molecule is Clc1ccc(C2c3ccccc3NCc3nccn32)cc1. The van der Waals surface area contributed by atoms with Crippen LogP contribution in [0.1, 0.15) is 23.0 Å². The number of halogens is 1. The summed E-state index contributed by atoms with van der Waals surface area (Å²) in [4.78, 5) is 4.47. The molecule has 2 heterocycles. The van der Waals surface area contributed by atoms with Crippen molar-refractivity contribution in [3.8, 4) is 0 Å². The molecule has 4 rings (SSSR count). The number of imidazole rings is 1. The fraction of sp³-hybridized carbons (Fsp3) is 0.118. The van der Waals surface area contributed by atoms with E-state index >= 15 is 0 Å². The van der Waals surface area contributed by atoms with E-state index < -0.39 is 0 Å². The van der Waals surface area contributed by atoms with Gasteiger partial charge in [-0.1, -0.05) is 41.9 Å². The number of anilines is 1. The van der Waals surface area contributed by atoms with E-state index in [9.17, 15) is 0 Å². The Labute approximate surface area is 128 Å². The molecule has 1 N–H and O–H groups in total. The number of nitrogens with one attached hydrogen (secondary N) is 1. The second-order valence-corrected chi connectivity index (χ2v) is 5.58. The van der Waals surface area contributed by atoms with Gasteiger partial charge in [0.2, 0.25) is 0 Å². The van der Waals surface area contributed by atoms with Crippen molar-refractivity contribution in [3.05, 3.63) is 82.9 Å². The monoisotopic (exact) mass is 295 g/mol. The summed E-state index contributed by atoms with van der Waals surface area (Å²) >= 11 is 6.03. The summed E-state index contributed by atoms with van der Waals surface area (Å²) in [6, 6.07) is 16.6. The molecule has 0 saturated heterocycles. The molecule has 2 aromatic carbocycles. The molecule has 0 aliphatic carbocycles. The van der Waals surface area contributed by atoms with Crippen molar-refractivity contribution >= 4 is 17.3 Å². The summed E-state index contributed by atoms with van der Waals surface area (Å²) in [5, 5.41) is 4.22. The van der Waals surface area contributed by atoms with Gasteiger partial charge >= 0.3 is 0 Å². The van der Waals surface area contributed by atoms with Gasteiger partial charge in [0.1, 0.15) is 5.82 Å². The van der Waals surface area contributed by atoms with Crippen LogP contribution in [0.4, 0.5) is 5.69 Å². The minimum atomic E-state index is 0.117. The summed E-state index contributed by atoms with van der Waals surface area (Å²) in [7, 11) is 0. The van der Waals surface area contributed by atoms with E-state index in [2.05, 4.69) is 51.3 Å². The molecule has 0 amide bonds. The molecule has 0 bridgehead atoms. The van der Waals surface area contributed by atoms with E-state index in [4.69, 9.17) is 11.6 Å². The number of fused-ring (bicyclic) bond motifs is 2. The number of para-hydroxylation sites is 1. The summed E-state index contributed by atoms with van der Waals surface area (Å²) in [6.45, 7) is 0.730. The Kier molecular flexibility index (Phi) is 2.93. The van der Waals surface area contributed by atoms with Gasteiger partial charge in [0.05, 0.1) is 12.6 Å². The summed E-state index contributed by atoms with van der Waals surface area (Å²) in [5.41, 5.74) is 3.61. The van der Waals surface area contributed by atoms with Crippen LogP contribution in [-0.2, 0) is 6.54 Å². The van der Waals surface area contributed by atoms with E-state index in [0.29, 0.717) is 0 Å². The Morgan fingerprint density at radius 3 is 2.76 bits per heavy atom. The van der Waals surface area contributed by atoms with E-state index in [-0.39, 0.29) is 6.04 Å². The van der Waals surface area contributed by atoms with Gasteiger partial charge in [0, 0.05) is 28.7 Å². The third-order valence-corrected chi connectivity index (χ3v) is 4.16. The highest BCUT2D eigenvalue weighted by atomic mass is 35.5. The molecule has 3 aromatic rings. The van der Waals surface area contributed by atoms with Gasteiger partial charge in [0.25, 0.3) is 0 Å². The zero-order chi connectivity index (χ0) is 14.2. The van der Waals surface area contributed by atoms with Crippen LogP contribution in [0.15, 0.2) is 60.9 Å². The Morgan fingerprint density at radius 1 is 1.10 bits per heavy atom. The molecule has 1 atom stereocenters. The maximum Gasteiger partial charge on any atom is 0.128 e. The van der Waals surface area contributed by atoms with Crippen molar-refractivity contribution in [1.29, 1.82) is 0 Å². The van der Waals surface area contributed by atoms with Gasteiger partial charge in [-0.2, -0.15) is 0 Å². The second kappa shape index (κ2) is 4.93. The lowest BCUT2D eigenvalue weighted by Gasteiger charge is -2.21. The quantitative estimate of drug-likeness (QED) is 0.732. The first-order valence-electron chi connectivity index (χ1n) is 6.93. The van der Waals surface area contributed by atoms with Crippen molar-refractivity contribution in [3.63, 3.8) is 0 Å². The van der Waals surface area contributed by atoms with Crippen LogP contribution in [0.3, 0.4) is 0 Å². The number of nitrogens with zero attached hydrogens (tertiary/aromatic N) is 2. The van der Waals surface area contributed by atoms with Crippen LogP contribution in [0.5, 0.6) is 0 Å². The number of hydrogen-bond acceptors (Lipinski definition) is 2.